The standard InChI is InChI=1S/C13H20N4O2.ClH/c14-12(18)10-6-11(17-8-10)13(19)16-5-3-9-2-1-4-15-7-9;/h6,8-9,15,17H,1-5,7H2,(H2,14,18)(H,16,19);1H. The highest BCUT2D eigenvalue weighted by Crippen LogP contribution is 2.13. The number of halogens is 1. The van der Waals surface area contributed by atoms with Gasteiger partial charge in [0.05, 0.1) is 5.56 Å². The zero-order valence-corrected chi connectivity index (χ0v) is 12.1. The molecule has 0 radical (unpaired) electrons. The van der Waals surface area contributed by atoms with Crippen LogP contribution in [0, 0.1) is 5.92 Å². The Bertz CT molecular complexity index is 455. The molecule has 1 atom stereocenters. The number of amides is 2. The van der Waals surface area contributed by atoms with Gasteiger partial charge in [-0.1, -0.05) is 0 Å². The molecular formula is C13H21ClN4O2. The minimum absolute atomic E-state index is 0. The van der Waals surface area contributed by atoms with Crippen molar-refractivity contribution in [2.45, 2.75) is 19.3 Å². The Morgan fingerprint density at radius 2 is 2.25 bits per heavy atom. The van der Waals surface area contributed by atoms with Gasteiger partial charge in [-0.2, -0.15) is 0 Å². The third-order valence-corrected chi connectivity index (χ3v) is 3.45. The van der Waals surface area contributed by atoms with E-state index in [1.807, 2.05) is 0 Å². The van der Waals surface area contributed by atoms with E-state index >= 15 is 0 Å². The van der Waals surface area contributed by atoms with Gasteiger partial charge in [0.15, 0.2) is 0 Å². The number of primary amides is 1. The third kappa shape index (κ3) is 4.54. The summed E-state index contributed by atoms with van der Waals surface area (Å²) in [5.74, 6) is -0.0984. The fraction of sp³-hybridized carbons (Fsp3) is 0.538. The summed E-state index contributed by atoms with van der Waals surface area (Å²) >= 11 is 0. The Morgan fingerprint density at radius 3 is 2.85 bits per heavy atom. The molecular weight excluding hydrogens is 280 g/mol. The van der Waals surface area contributed by atoms with Gasteiger partial charge in [0.2, 0.25) is 5.91 Å². The van der Waals surface area contributed by atoms with Crippen LogP contribution >= 0.6 is 12.4 Å². The molecule has 6 nitrogen and oxygen atoms in total. The molecule has 20 heavy (non-hydrogen) atoms. The second kappa shape index (κ2) is 7.91. The van der Waals surface area contributed by atoms with Crippen molar-refractivity contribution in [1.29, 1.82) is 0 Å². The quantitative estimate of drug-likeness (QED) is 0.642. The van der Waals surface area contributed by atoms with Crippen LogP contribution in [0.1, 0.15) is 40.1 Å². The van der Waals surface area contributed by atoms with Gasteiger partial charge in [-0.15, -0.1) is 12.4 Å². The lowest BCUT2D eigenvalue weighted by Gasteiger charge is -2.22. The van der Waals surface area contributed by atoms with Crippen molar-refractivity contribution in [1.82, 2.24) is 15.6 Å². The molecule has 7 heteroatoms. The van der Waals surface area contributed by atoms with Crippen molar-refractivity contribution in [3.05, 3.63) is 23.5 Å². The minimum atomic E-state index is -0.538. The van der Waals surface area contributed by atoms with E-state index in [1.165, 1.54) is 25.1 Å². The number of carbonyl (C=O) groups is 2. The Kier molecular flexibility index (Phi) is 6.54. The number of nitrogens with two attached hydrogens (primary N) is 1. The molecule has 0 saturated carbocycles. The third-order valence-electron chi connectivity index (χ3n) is 3.45. The fourth-order valence-corrected chi connectivity index (χ4v) is 2.32. The highest BCUT2D eigenvalue weighted by Gasteiger charge is 2.14. The summed E-state index contributed by atoms with van der Waals surface area (Å²) in [5.41, 5.74) is 5.82. The first-order chi connectivity index (χ1) is 9.16. The zero-order chi connectivity index (χ0) is 13.7. The molecule has 1 aromatic rings. The largest absolute Gasteiger partial charge is 0.366 e. The lowest BCUT2D eigenvalue weighted by molar-refractivity contribution is 0.0946. The van der Waals surface area contributed by atoms with Gasteiger partial charge in [-0.3, -0.25) is 9.59 Å². The van der Waals surface area contributed by atoms with Gasteiger partial charge in [-0.25, -0.2) is 0 Å². The molecule has 2 amide bonds. The number of aromatic nitrogens is 1. The Hall–Kier alpha value is -1.53. The smallest absolute Gasteiger partial charge is 0.267 e. The van der Waals surface area contributed by atoms with Crippen LogP contribution in [0.5, 0.6) is 0 Å². The average Bonchev–Trinajstić information content (AvgIpc) is 2.89. The van der Waals surface area contributed by atoms with Gasteiger partial charge in [0.1, 0.15) is 5.69 Å². The fourth-order valence-electron chi connectivity index (χ4n) is 2.32. The second-order valence-corrected chi connectivity index (χ2v) is 4.92. The van der Waals surface area contributed by atoms with Crippen molar-refractivity contribution in [2.75, 3.05) is 19.6 Å². The van der Waals surface area contributed by atoms with E-state index in [4.69, 9.17) is 5.73 Å². The van der Waals surface area contributed by atoms with Gasteiger partial charge in [0, 0.05) is 12.7 Å². The van der Waals surface area contributed by atoms with Crippen LogP contribution in [0.2, 0.25) is 0 Å². The van der Waals surface area contributed by atoms with Gasteiger partial charge in [0.25, 0.3) is 5.91 Å². The maximum absolute atomic E-state index is 11.8. The Balaban J connectivity index is 0.00000200. The predicted octanol–water partition coefficient (Wildman–Crippen LogP) is 0.655. The van der Waals surface area contributed by atoms with Crippen molar-refractivity contribution in [2.24, 2.45) is 11.7 Å². The molecule has 1 aliphatic rings. The molecule has 2 heterocycles. The van der Waals surface area contributed by atoms with Gasteiger partial charge < -0.3 is 21.4 Å². The van der Waals surface area contributed by atoms with Crippen LogP contribution in [0.15, 0.2) is 12.3 Å². The van der Waals surface area contributed by atoms with Crippen molar-refractivity contribution < 1.29 is 9.59 Å². The molecule has 112 valence electrons. The van der Waals surface area contributed by atoms with Crippen LogP contribution in [-0.4, -0.2) is 36.4 Å². The monoisotopic (exact) mass is 300 g/mol. The molecule has 1 aliphatic heterocycles. The summed E-state index contributed by atoms with van der Waals surface area (Å²) in [6.07, 6.45) is 4.85. The minimum Gasteiger partial charge on any atom is -0.366 e. The molecule has 1 aromatic heterocycles. The van der Waals surface area contributed by atoms with E-state index < -0.39 is 5.91 Å². The van der Waals surface area contributed by atoms with Crippen molar-refractivity contribution in [3.63, 3.8) is 0 Å². The van der Waals surface area contributed by atoms with E-state index in [9.17, 15) is 9.59 Å². The normalized spacial score (nSPS) is 18.1. The SMILES string of the molecule is Cl.NC(=O)c1c[nH]c(C(=O)NCCC2CCCNC2)c1. The second-order valence-electron chi connectivity index (χ2n) is 4.92. The summed E-state index contributed by atoms with van der Waals surface area (Å²) in [5, 5.41) is 6.20. The molecule has 1 saturated heterocycles. The highest BCUT2D eigenvalue weighted by atomic mass is 35.5. The van der Waals surface area contributed by atoms with Crippen LogP contribution in [0.3, 0.4) is 0 Å². The topological polar surface area (TPSA) is 100 Å². The van der Waals surface area contributed by atoms with Crippen LogP contribution in [0.4, 0.5) is 0 Å². The zero-order valence-electron chi connectivity index (χ0n) is 11.3. The van der Waals surface area contributed by atoms with Crippen molar-refractivity contribution in [3.8, 4) is 0 Å². The first-order valence-electron chi connectivity index (χ1n) is 6.64. The lowest BCUT2D eigenvalue weighted by Crippen LogP contribution is -2.33. The predicted molar refractivity (Wildman–Crippen MR) is 79.1 cm³/mol. The maximum Gasteiger partial charge on any atom is 0.267 e. The van der Waals surface area contributed by atoms with Crippen LogP contribution in [0.25, 0.3) is 0 Å². The first kappa shape index (κ1) is 16.5. The molecule has 0 bridgehead atoms. The number of hydrogen-bond acceptors (Lipinski definition) is 3. The van der Waals surface area contributed by atoms with E-state index in [-0.39, 0.29) is 18.3 Å². The number of carbonyl (C=O) groups excluding carboxylic acids is 2. The molecule has 2 rings (SSSR count). The molecule has 0 spiro atoms. The summed E-state index contributed by atoms with van der Waals surface area (Å²) in [7, 11) is 0. The number of hydrogen-bond donors (Lipinski definition) is 4. The average molecular weight is 301 g/mol. The summed E-state index contributed by atoms with van der Waals surface area (Å²) in [6, 6.07) is 1.47. The van der Waals surface area contributed by atoms with E-state index in [0.717, 1.165) is 19.5 Å². The molecule has 0 aromatic carbocycles. The maximum atomic E-state index is 11.8. The van der Waals surface area contributed by atoms with Gasteiger partial charge >= 0.3 is 0 Å². The van der Waals surface area contributed by atoms with E-state index in [0.29, 0.717) is 23.7 Å². The number of H-pyrrole nitrogens is 1. The van der Waals surface area contributed by atoms with Crippen LogP contribution < -0.4 is 16.4 Å². The molecule has 1 fully saturated rings. The van der Waals surface area contributed by atoms with E-state index in [2.05, 4.69) is 15.6 Å². The van der Waals surface area contributed by atoms with Crippen molar-refractivity contribution >= 4 is 24.2 Å². The van der Waals surface area contributed by atoms with Crippen LogP contribution in [-0.2, 0) is 0 Å². The Morgan fingerprint density at radius 1 is 1.45 bits per heavy atom. The molecule has 1 unspecified atom stereocenters. The Labute approximate surface area is 124 Å². The van der Waals surface area contributed by atoms with Gasteiger partial charge in [-0.05, 0) is 44.3 Å². The highest BCUT2D eigenvalue weighted by molar-refractivity contribution is 5.98. The number of nitrogens with one attached hydrogen (secondary N) is 3. The number of aromatic amines is 1. The first-order valence-corrected chi connectivity index (χ1v) is 6.64. The summed E-state index contributed by atoms with van der Waals surface area (Å²) in [4.78, 5) is 25.5. The lowest BCUT2D eigenvalue weighted by atomic mass is 9.96. The van der Waals surface area contributed by atoms with E-state index in [1.54, 1.807) is 0 Å². The molecule has 5 N–H and O–H groups in total. The number of rotatable bonds is 5. The summed E-state index contributed by atoms with van der Waals surface area (Å²) < 4.78 is 0. The molecule has 0 aliphatic carbocycles. The summed E-state index contributed by atoms with van der Waals surface area (Å²) in [6.45, 7) is 2.78. The number of piperidine rings is 1.